The Hall–Kier alpha value is 0.140. The second-order valence-corrected chi connectivity index (χ2v) is 10.9. The summed E-state index contributed by atoms with van der Waals surface area (Å²) in [5.41, 5.74) is 2.54. The maximum Gasteiger partial charge on any atom is 0.0731 e. The maximum atomic E-state index is 3.72. The zero-order valence-electron chi connectivity index (χ0n) is 13.3. The number of thiophene rings is 1. The van der Waals surface area contributed by atoms with Gasteiger partial charge in [0.1, 0.15) is 0 Å². The summed E-state index contributed by atoms with van der Waals surface area (Å²) in [6, 6.07) is 2.97. The van der Waals surface area contributed by atoms with Crippen LogP contribution < -0.4 is 5.32 Å². The highest BCUT2D eigenvalue weighted by Crippen LogP contribution is 2.68. The molecule has 21 heavy (non-hydrogen) atoms. The molecule has 0 saturated heterocycles. The van der Waals surface area contributed by atoms with Crippen LogP contribution in [0.4, 0.5) is 0 Å². The van der Waals surface area contributed by atoms with Crippen molar-refractivity contribution < 1.29 is 0 Å². The normalized spacial score (nSPS) is 42.5. The lowest BCUT2D eigenvalue weighted by molar-refractivity contribution is -0.117. The van der Waals surface area contributed by atoms with E-state index in [1.54, 1.807) is 4.88 Å². The predicted molar refractivity (Wildman–Crippen MR) is 93.8 cm³/mol. The Bertz CT molecular complexity index is 530. The average Bonchev–Trinajstić information content (AvgIpc) is 2.66. The Balaban J connectivity index is 1.73. The minimum absolute atomic E-state index is 0.518. The quantitative estimate of drug-likeness (QED) is 0.723. The number of nitrogens with one attached hydrogen (secondary N) is 1. The topological polar surface area (TPSA) is 12.0 Å². The first kappa shape index (κ1) is 14.7. The fourth-order valence-corrected chi connectivity index (χ4v) is 8.34. The first-order valence-electron chi connectivity index (χ1n) is 8.36. The summed E-state index contributed by atoms with van der Waals surface area (Å²) in [7, 11) is 2.18. The number of hydrogen-bond acceptors (Lipinski definition) is 2. The molecule has 4 aliphatic rings. The molecule has 4 fully saturated rings. The monoisotopic (exact) mass is 367 g/mol. The van der Waals surface area contributed by atoms with Crippen LogP contribution in [0.3, 0.4) is 0 Å². The molecule has 3 atom stereocenters. The molecule has 0 amide bonds. The second kappa shape index (κ2) is 4.82. The molecule has 0 spiro atoms. The van der Waals surface area contributed by atoms with Crippen molar-refractivity contribution in [2.75, 3.05) is 7.05 Å². The van der Waals surface area contributed by atoms with Gasteiger partial charge in [-0.05, 0) is 103 Å². The van der Waals surface area contributed by atoms with Crippen LogP contribution in [-0.4, -0.2) is 7.05 Å². The third-order valence-corrected chi connectivity index (χ3v) is 8.66. The Morgan fingerprint density at radius 2 is 1.95 bits per heavy atom. The van der Waals surface area contributed by atoms with Crippen LogP contribution in [0, 0.1) is 29.6 Å². The third kappa shape index (κ3) is 2.26. The molecule has 3 heteroatoms. The second-order valence-electron chi connectivity index (χ2n) is 8.46. The van der Waals surface area contributed by atoms with Crippen LogP contribution in [0.15, 0.2) is 9.85 Å². The van der Waals surface area contributed by atoms with E-state index in [9.17, 15) is 0 Å². The molecule has 0 radical (unpaired) electrons. The van der Waals surface area contributed by atoms with Gasteiger partial charge in [-0.15, -0.1) is 11.3 Å². The number of halogens is 1. The van der Waals surface area contributed by atoms with E-state index >= 15 is 0 Å². The molecule has 0 aliphatic heterocycles. The molecule has 5 rings (SSSR count). The van der Waals surface area contributed by atoms with Crippen molar-refractivity contribution in [3.8, 4) is 0 Å². The van der Waals surface area contributed by atoms with Gasteiger partial charge in [0.05, 0.1) is 3.79 Å². The van der Waals surface area contributed by atoms with Crippen molar-refractivity contribution >= 4 is 27.3 Å². The van der Waals surface area contributed by atoms with Gasteiger partial charge < -0.3 is 5.32 Å². The minimum atomic E-state index is 0.518. The third-order valence-electron chi connectivity index (χ3n) is 6.46. The van der Waals surface area contributed by atoms with E-state index in [0.717, 1.165) is 11.8 Å². The van der Waals surface area contributed by atoms with E-state index in [1.807, 2.05) is 11.3 Å². The molecular formula is C18H26BrNS. The zero-order valence-corrected chi connectivity index (χ0v) is 15.7. The number of rotatable bonds is 3. The Labute approximate surface area is 141 Å². The molecule has 1 N–H and O–H groups in total. The molecule has 1 aromatic rings. The van der Waals surface area contributed by atoms with Crippen molar-refractivity contribution in [2.24, 2.45) is 22.7 Å². The summed E-state index contributed by atoms with van der Waals surface area (Å²) < 4.78 is 1.31. The van der Waals surface area contributed by atoms with Crippen LogP contribution in [0.2, 0.25) is 0 Å². The lowest BCUT2D eigenvalue weighted by Crippen LogP contribution is -2.54. The molecule has 0 aromatic carbocycles. The molecule has 1 aromatic heterocycles. The standard InChI is InChI=1S/C18H26BrNS/c1-11-4-14(21-16(11)19)15(20-3)18-8-12-5-13(9-18)7-17(2,6-12)10-18/h4,12-13,15,20H,5-10H2,1-3H3. The van der Waals surface area contributed by atoms with Gasteiger partial charge in [0.25, 0.3) is 0 Å². The van der Waals surface area contributed by atoms with E-state index in [-0.39, 0.29) is 0 Å². The zero-order chi connectivity index (χ0) is 14.8. The highest BCUT2D eigenvalue weighted by molar-refractivity contribution is 9.11. The highest BCUT2D eigenvalue weighted by atomic mass is 79.9. The van der Waals surface area contributed by atoms with Crippen molar-refractivity contribution in [3.05, 3.63) is 20.3 Å². The number of hydrogen-bond donors (Lipinski definition) is 1. The van der Waals surface area contributed by atoms with E-state index in [0.29, 0.717) is 16.9 Å². The molecule has 4 aliphatic carbocycles. The van der Waals surface area contributed by atoms with E-state index in [2.05, 4.69) is 48.2 Å². The summed E-state index contributed by atoms with van der Waals surface area (Å²) in [6.07, 6.45) is 8.86. The maximum absolute atomic E-state index is 3.72. The fourth-order valence-electron chi connectivity index (χ4n) is 6.51. The van der Waals surface area contributed by atoms with Crippen LogP contribution in [0.5, 0.6) is 0 Å². The van der Waals surface area contributed by atoms with Gasteiger partial charge in [0.2, 0.25) is 0 Å². The SMILES string of the molecule is CNC(c1cc(C)c(Br)s1)C12CC3CC(CC(C)(C3)C1)C2. The summed E-state index contributed by atoms with van der Waals surface area (Å²) >= 11 is 5.67. The van der Waals surface area contributed by atoms with Gasteiger partial charge in [-0.3, -0.25) is 0 Å². The van der Waals surface area contributed by atoms with Crippen LogP contribution >= 0.6 is 27.3 Å². The van der Waals surface area contributed by atoms with E-state index < -0.39 is 0 Å². The lowest BCUT2D eigenvalue weighted by atomic mass is 9.43. The smallest absolute Gasteiger partial charge is 0.0731 e. The highest BCUT2D eigenvalue weighted by Gasteiger charge is 2.58. The van der Waals surface area contributed by atoms with Gasteiger partial charge >= 0.3 is 0 Å². The minimum Gasteiger partial charge on any atom is -0.312 e. The number of aryl methyl sites for hydroxylation is 1. The molecular weight excluding hydrogens is 342 g/mol. The van der Waals surface area contributed by atoms with Gasteiger partial charge in [-0.2, -0.15) is 0 Å². The first-order valence-corrected chi connectivity index (χ1v) is 9.97. The van der Waals surface area contributed by atoms with Crippen molar-refractivity contribution in [1.82, 2.24) is 5.32 Å². The molecule has 4 bridgehead atoms. The van der Waals surface area contributed by atoms with Crippen LogP contribution in [0.1, 0.15) is 61.9 Å². The fraction of sp³-hybridized carbons (Fsp3) is 0.778. The molecule has 3 unspecified atom stereocenters. The van der Waals surface area contributed by atoms with Crippen LogP contribution in [0.25, 0.3) is 0 Å². The molecule has 116 valence electrons. The molecule has 1 heterocycles. The van der Waals surface area contributed by atoms with E-state index in [4.69, 9.17) is 0 Å². The largest absolute Gasteiger partial charge is 0.312 e. The van der Waals surface area contributed by atoms with E-state index in [1.165, 1.54) is 47.9 Å². The Morgan fingerprint density at radius 1 is 1.29 bits per heavy atom. The van der Waals surface area contributed by atoms with Gasteiger partial charge in [-0.25, -0.2) is 0 Å². The Morgan fingerprint density at radius 3 is 2.43 bits per heavy atom. The molecule has 4 saturated carbocycles. The summed E-state index contributed by atoms with van der Waals surface area (Å²) in [5.74, 6) is 1.99. The first-order chi connectivity index (χ1) is 9.93. The van der Waals surface area contributed by atoms with Crippen LogP contribution in [-0.2, 0) is 0 Å². The molecule has 1 nitrogen and oxygen atoms in total. The Kier molecular flexibility index (Phi) is 3.37. The lowest BCUT2D eigenvalue weighted by Gasteiger charge is -2.63. The average molecular weight is 368 g/mol. The predicted octanol–water partition coefficient (Wildman–Crippen LogP) is 5.69. The van der Waals surface area contributed by atoms with Crippen molar-refractivity contribution in [3.63, 3.8) is 0 Å². The summed E-state index contributed by atoms with van der Waals surface area (Å²) in [6.45, 7) is 4.79. The summed E-state index contributed by atoms with van der Waals surface area (Å²) in [5, 5.41) is 3.72. The summed E-state index contributed by atoms with van der Waals surface area (Å²) in [4.78, 5) is 1.55. The van der Waals surface area contributed by atoms with Crippen molar-refractivity contribution in [2.45, 2.75) is 58.4 Å². The van der Waals surface area contributed by atoms with Crippen molar-refractivity contribution in [1.29, 1.82) is 0 Å². The van der Waals surface area contributed by atoms with Gasteiger partial charge in [0, 0.05) is 10.9 Å². The van der Waals surface area contributed by atoms with Gasteiger partial charge in [0.15, 0.2) is 0 Å². The van der Waals surface area contributed by atoms with Gasteiger partial charge in [-0.1, -0.05) is 6.92 Å².